The van der Waals surface area contributed by atoms with E-state index in [1.807, 2.05) is 36.4 Å². The maximum absolute atomic E-state index is 12.8. The standard InChI is InChI=1S/C17H14BrN3O2/c18-13-7-4-8-14(9-13)21-15(19)10-16(22)20(17(21)23)11-12-5-2-1-3-6-12/h1-10H,11,19H2. The average molecular weight is 372 g/mol. The van der Waals surface area contributed by atoms with Crippen molar-refractivity contribution in [3.63, 3.8) is 0 Å². The zero-order chi connectivity index (χ0) is 16.4. The lowest BCUT2D eigenvalue weighted by molar-refractivity contribution is 0.673. The Bertz CT molecular complexity index is 962. The molecule has 2 N–H and O–H groups in total. The van der Waals surface area contributed by atoms with E-state index in [0.29, 0.717) is 5.69 Å². The molecule has 5 nitrogen and oxygen atoms in total. The van der Waals surface area contributed by atoms with Gasteiger partial charge < -0.3 is 5.73 Å². The van der Waals surface area contributed by atoms with Gasteiger partial charge in [0.15, 0.2) is 0 Å². The number of benzene rings is 2. The number of hydrogen-bond acceptors (Lipinski definition) is 3. The van der Waals surface area contributed by atoms with Gasteiger partial charge in [0.2, 0.25) is 0 Å². The highest BCUT2D eigenvalue weighted by Gasteiger charge is 2.11. The molecule has 3 rings (SSSR count). The molecule has 1 heterocycles. The lowest BCUT2D eigenvalue weighted by Gasteiger charge is -2.13. The van der Waals surface area contributed by atoms with Crippen LogP contribution in [0.1, 0.15) is 5.56 Å². The van der Waals surface area contributed by atoms with Gasteiger partial charge in [-0.2, -0.15) is 0 Å². The van der Waals surface area contributed by atoms with E-state index in [-0.39, 0.29) is 12.4 Å². The van der Waals surface area contributed by atoms with E-state index in [1.165, 1.54) is 15.2 Å². The van der Waals surface area contributed by atoms with Crippen molar-refractivity contribution in [1.82, 2.24) is 9.13 Å². The Morgan fingerprint density at radius 1 is 0.957 bits per heavy atom. The van der Waals surface area contributed by atoms with Gasteiger partial charge in [0, 0.05) is 10.5 Å². The van der Waals surface area contributed by atoms with E-state index >= 15 is 0 Å². The van der Waals surface area contributed by atoms with Crippen LogP contribution in [-0.2, 0) is 6.54 Å². The van der Waals surface area contributed by atoms with E-state index < -0.39 is 11.2 Å². The normalized spacial score (nSPS) is 10.7. The highest BCUT2D eigenvalue weighted by atomic mass is 79.9. The van der Waals surface area contributed by atoms with Crippen LogP contribution in [0.15, 0.2) is 74.7 Å². The summed E-state index contributed by atoms with van der Waals surface area (Å²) in [5, 5.41) is 0. The van der Waals surface area contributed by atoms with Crippen molar-refractivity contribution < 1.29 is 0 Å². The Hall–Kier alpha value is -2.60. The Morgan fingerprint density at radius 2 is 1.70 bits per heavy atom. The second kappa shape index (κ2) is 6.26. The number of halogens is 1. The monoisotopic (exact) mass is 371 g/mol. The predicted molar refractivity (Wildman–Crippen MR) is 94.0 cm³/mol. The summed E-state index contributed by atoms with van der Waals surface area (Å²) in [6, 6.07) is 17.8. The van der Waals surface area contributed by atoms with Crippen molar-refractivity contribution in [2.45, 2.75) is 6.54 Å². The molecule has 0 atom stereocenters. The van der Waals surface area contributed by atoms with Gasteiger partial charge >= 0.3 is 5.69 Å². The number of aromatic nitrogens is 2. The molecule has 0 bridgehead atoms. The number of hydrogen-bond donors (Lipinski definition) is 1. The average Bonchev–Trinajstić information content (AvgIpc) is 2.52. The second-order valence-electron chi connectivity index (χ2n) is 5.08. The van der Waals surface area contributed by atoms with Crippen molar-refractivity contribution in [1.29, 1.82) is 0 Å². The summed E-state index contributed by atoms with van der Waals surface area (Å²) in [7, 11) is 0. The molecule has 0 amide bonds. The number of nitrogens with zero attached hydrogens (tertiary/aromatic N) is 2. The molecule has 23 heavy (non-hydrogen) atoms. The third-order valence-electron chi connectivity index (χ3n) is 3.47. The van der Waals surface area contributed by atoms with Crippen molar-refractivity contribution in [2.75, 3.05) is 5.73 Å². The smallest absolute Gasteiger partial charge is 0.337 e. The highest BCUT2D eigenvalue weighted by molar-refractivity contribution is 9.10. The molecule has 0 saturated heterocycles. The molecule has 0 saturated carbocycles. The van der Waals surface area contributed by atoms with Crippen LogP contribution in [0.2, 0.25) is 0 Å². The first-order chi connectivity index (χ1) is 11.1. The van der Waals surface area contributed by atoms with E-state index in [2.05, 4.69) is 15.9 Å². The third kappa shape index (κ3) is 3.12. The number of anilines is 1. The molecule has 0 aliphatic heterocycles. The number of nitrogens with two attached hydrogens (primary N) is 1. The third-order valence-corrected chi connectivity index (χ3v) is 3.96. The van der Waals surface area contributed by atoms with Gasteiger partial charge in [0.05, 0.1) is 12.2 Å². The van der Waals surface area contributed by atoms with Crippen molar-refractivity contribution in [2.24, 2.45) is 0 Å². The summed E-state index contributed by atoms with van der Waals surface area (Å²) in [5.74, 6) is 0.113. The van der Waals surface area contributed by atoms with E-state index in [0.717, 1.165) is 10.0 Å². The highest BCUT2D eigenvalue weighted by Crippen LogP contribution is 2.15. The van der Waals surface area contributed by atoms with Crippen LogP contribution in [0.3, 0.4) is 0 Å². The first-order valence-corrected chi connectivity index (χ1v) is 7.78. The Morgan fingerprint density at radius 3 is 2.39 bits per heavy atom. The van der Waals surface area contributed by atoms with Gasteiger partial charge in [-0.15, -0.1) is 0 Å². The minimum absolute atomic E-state index is 0.113. The molecule has 6 heteroatoms. The maximum Gasteiger partial charge on any atom is 0.337 e. The van der Waals surface area contributed by atoms with Gasteiger partial charge in [-0.25, -0.2) is 9.36 Å². The molecule has 1 aromatic heterocycles. The number of nitrogen functional groups attached to an aromatic ring is 1. The van der Waals surface area contributed by atoms with Gasteiger partial charge in [0.1, 0.15) is 5.82 Å². The van der Waals surface area contributed by atoms with E-state index in [9.17, 15) is 9.59 Å². The molecule has 0 spiro atoms. The fourth-order valence-corrected chi connectivity index (χ4v) is 2.77. The zero-order valence-electron chi connectivity index (χ0n) is 12.1. The molecule has 0 unspecified atom stereocenters. The Kier molecular flexibility index (Phi) is 4.16. The molecule has 0 aliphatic rings. The largest absolute Gasteiger partial charge is 0.385 e. The van der Waals surface area contributed by atoms with Crippen molar-refractivity contribution in [3.05, 3.63) is 91.5 Å². The van der Waals surface area contributed by atoms with Crippen LogP contribution in [0.5, 0.6) is 0 Å². The van der Waals surface area contributed by atoms with Crippen LogP contribution >= 0.6 is 15.9 Å². The van der Waals surface area contributed by atoms with E-state index in [4.69, 9.17) is 5.73 Å². The van der Waals surface area contributed by atoms with E-state index in [1.54, 1.807) is 18.2 Å². The zero-order valence-corrected chi connectivity index (χ0v) is 13.7. The van der Waals surface area contributed by atoms with Gasteiger partial charge in [0.25, 0.3) is 5.56 Å². The number of rotatable bonds is 3. The van der Waals surface area contributed by atoms with Crippen LogP contribution in [0.4, 0.5) is 5.82 Å². The van der Waals surface area contributed by atoms with Crippen molar-refractivity contribution in [3.8, 4) is 5.69 Å². The summed E-state index contributed by atoms with van der Waals surface area (Å²) in [5.41, 5.74) is 6.50. The quantitative estimate of drug-likeness (QED) is 0.768. The van der Waals surface area contributed by atoms with Gasteiger partial charge in [-0.3, -0.25) is 9.36 Å². The fourth-order valence-electron chi connectivity index (χ4n) is 2.38. The fraction of sp³-hybridized carbons (Fsp3) is 0.0588. The van der Waals surface area contributed by atoms with Crippen LogP contribution in [-0.4, -0.2) is 9.13 Å². The minimum Gasteiger partial charge on any atom is -0.385 e. The summed E-state index contributed by atoms with van der Waals surface area (Å²) in [4.78, 5) is 24.9. The Labute approximate surface area is 140 Å². The first-order valence-electron chi connectivity index (χ1n) is 6.98. The molecular weight excluding hydrogens is 358 g/mol. The van der Waals surface area contributed by atoms with Gasteiger partial charge in [-0.1, -0.05) is 52.3 Å². The second-order valence-corrected chi connectivity index (χ2v) is 5.99. The molecule has 0 aliphatic carbocycles. The summed E-state index contributed by atoms with van der Waals surface area (Å²) in [6.45, 7) is 0.201. The first kappa shape index (κ1) is 15.3. The maximum atomic E-state index is 12.8. The lowest BCUT2D eigenvalue weighted by atomic mass is 10.2. The molecular formula is C17H14BrN3O2. The lowest BCUT2D eigenvalue weighted by Crippen LogP contribution is -2.40. The molecule has 0 fully saturated rings. The SMILES string of the molecule is Nc1cc(=O)n(Cc2ccccc2)c(=O)n1-c1cccc(Br)c1. The molecule has 116 valence electrons. The van der Waals surface area contributed by atoms with Crippen molar-refractivity contribution >= 4 is 21.7 Å². The van der Waals surface area contributed by atoms with Crippen LogP contribution in [0, 0.1) is 0 Å². The van der Waals surface area contributed by atoms with Gasteiger partial charge in [-0.05, 0) is 23.8 Å². The topological polar surface area (TPSA) is 70.0 Å². The molecule has 0 radical (unpaired) electrons. The van der Waals surface area contributed by atoms with Crippen LogP contribution < -0.4 is 17.0 Å². The minimum atomic E-state index is -0.461. The molecule has 2 aromatic carbocycles. The summed E-state index contributed by atoms with van der Waals surface area (Å²) < 4.78 is 3.32. The molecule has 3 aromatic rings. The van der Waals surface area contributed by atoms with Crippen LogP contribution in [0.25, 0.3) is 5.69 Å². The Balaban J connectivity index is 2.17. The summed E-state index contributed by atoms with van der Waals surface area (Å²) in [6.07, 6.45) is 0. The summed E-state index contributed by atoms with van der Waals surface area (Å²) >= 11 is 3.37. The predicted octanol–water partition coefficient (Wildman–Crippen LogP) is 2.39.